The van der Waals surface area contributed by atoms with Gasteiger partial charge in [0.15, 0.2) is 0 Å². The van der Waals surface area contributed by atoms with Crippen molar-refractivity contribution in [1.29, 1.82) is 0 Å². The lowest BCUT2D eigenvalue weighted by molar-refractivity contribution is -0.120. The quantitative estimate of drug-likeness (QED) is 0.617. The van der Waals surface area contributed by atoms with Crippen molar-refractivity contribution < 1.29 is 4.79 Å². The number of hydrogen-bond acceptors (Lipinski definition) is 2. The smallest absolute Gasteiger partial charge is 0.224 e. The van der Waals surface area contributed by atoms with Crippen LogP contribution in [0.5, 0.6) is 0 Å². The molecule has 2 rings (SSSR count). The maximum absolute atomic E-state index is 11.8. The molecule has 0 spiro atoms. The van der Waals surface area contributed by atoms with Crippen LogP contribution in [0.2, 0.25) is 0 Å². The van der Waals surface area contributed by atoms with Gasteiger partial charge in [-0.05, 0) is 37.3 Å². The number of rotatable bonds is 5. The molecule has 0 saturated heterocycles. The first-order chi connectivity index (χ1) is 8.75. The first-order valence-electron chi connectivity index (χ1n) is 6.53. The summed E-state index contributed by atoms with van der Waals surface area (Å²) in [7, 11) is 0. The summed E-state index contributed by atoms with van der Waals surface area (Å²) < 4.78 is 0. The van der Waals surface area contributed by atoms with E-state index in [1.165, 1.54) is 24.8 Å². The molecule has 1 amide bonds. The van der Waals surface area contributed by atoms with Crippen LogP contribution in [0.1, 0.15) is 31.2 Å². The van der Waals surface area contributed by atoms with Crippen molar-refractivity contribution in [2.75, 3.05) is 12.3 Å². The number of nitrogen functional groups attached to an aromatic ring is 1. The van der Waals surface area contributed by atoms with E-state index in [0.717, 1.165) is 18.5 Å². The van der Waals surface area contributed by atoms with Gasteiger partial charge in [0, 0.05) is 12.2 Å². The molecule has 0 bridgehead atoms. The second-order valence-corrected chi connectivity index (χ2v) is 4.73. The van der Waals surface area contributed by atoms with Gasteiger partial charge in [0.1, 0.15) is 0 Å². The lowest BCUT2D eigenvalue weighted by Crippen LogP contribution is -2.26. The fourth-order valence-electron chi connectivity index (χ4n) is 2.26. The zero-order valence-corrected chi connectivity index (χ0v) is 10.6. The second-order valence-electron chi connectivity index (χ2n) is 4.73. The number of benzene rings is 1. The third kappa shape index (κ3) is 3.62. The number of nitrogens with one attached hydrogen (secondary N) is 1. The fraction of sp³-hybridized carbons (Fsp3) is 0.400. The Balaban J connectivity index is 1.73. The Bertz CT molecular complexity index is 452. The maximum atomic E-state index is 11.8. The molecule has 3 heteroatoms. The largest absolute Gasteiger partial charge is 0.398 e. The molecule has 0 heterocycles. The van der Waals surface area contributed by atoms with Gasteiger partial charge < -0.3 is 11.1 Å². The number of nitrogens with two attached hydrogens (primary N) is 1. The van der Waals surface area contributed by atoms with Crippen molar-refractivity contribution in [2.45, 2.75) is 32.1 Å². The van der Waals surface area contributed by atoms with Crippen LogP contribution < -0.4 is 11.1 Å². The highest BCUT2D eigenvalue weighted by molar-refractivity contribution is 5.80. The maximum Gasteiger partial charge on any atom is 0.224 e. The van der Waals surface area contributed by atoms with Gasteiger partial charge in [0.2, 0.25) is 5.91 Å². The van der Waals surface area contributed by atoms with Crippen LogP contribution in [0.3, 0.4) is 0 Å². The van der Waals surface area contributed by atoms with Gasteiger partial charge in [0.05, 0.1) is 6.42 Å². The summed E-state index contributed by atoms with van der Waals surface area (Å²) in [5.74, 6) is 0.0477. The van der Waals surface area contributed by atoms with Crippen LogP contribution in [0.15, 0.2) is 35.9 Å². The molecule has 0 aromatic heterocycles. The van der Waals surface area contributed by atoms with Crippen molar-refractivity contribution >= 4 is 11.6 Å². The van der Waals surface area contributed by atoms with Crippen LogP contribution >= 0.6 is 0 Å². The fourth-order valence-corrected chi connectivity index (χ4v) is 2.26. The summed E-state index contributed by atoms with van der Waals surface area (Å²) in [6, 6.07) is 7.51. The van der Waals surface area contributed by atoms with E-state index in [4.69, 9.17) is 5.73 Å². The Hall–Kier alpha value is -1.77. The number of para-hydroxylation sites is 1. The monoisotopic (exact) mass is 244 g/mol. The average Bonchev–Trinajstić information content (AvgIpc) is 2.85. The zero-order valence-electron chi connectivity index (χ0n) is 10.6. The zero-order chi connectivity index (χ0) is 12.8. The third-order valence-corrected chi connectivity index (χ3v) is 3.31. The Morgan fingerprint density at radius 1 is 1.33 bits per heavy atom. The summed E-state index contributed by atoms with van der Waals surface area (Å²) in [4.78, 5) is 11.8. The first-order valence-corrected chi connectivity index (χ1v) is 6.53. The van der Waals surface area contributed by atoms with Crippen molar-refractivity contribution in [1.82, 2.24) is 5.32 Å². The van der Waals surface area contributed by atoms with Crippen LogP contribution in [0.4, 0.5) is 5.69 Å². The number of hydrogen-bond donors (Lipinski definition) is 2. The molecule has 3 nitrogen and oxygen atoms in total. The normalized spacial score (nSPS) is 14.3. The third-order valence-electron chi connectivity index (χ3n) is 3.31. The summed E-state index contributed by atoms with van der Waals surface area (Å²) in [5, 5.41) is 2.95. The number of allylic oxidation sites excluding steroid dienone is 1. The van der Waals surface area contributed by atoms with Gasteiger partial charge in [-0.25, -0.2) is 0 Å². The SMILES string of the molecule is Nc1ccccc1CC(=O)NCCC1=CCCC1. The number of carbonyl (C=O) groups is 1. The Morgan fingerprint density at radius 2 is 2.17 bits per heavy atom. The average molecular weight is 244 g/mol. The predicted molar refractivity (Wildman–Crippen MR) is 74.1 cm³/mol. The minimum Gasteiger partial charge on any atom is -0.398 e. The van der Waals surface area contributed by atoms with Gasteiger partial charge in [0.25, 0.3) is 0 Å². The molecule has 0 saturated carbocycles. The van der Waals surface area contributed by atoms with E-state index < -0.39 is 0 Å². The number of anilines is 1. The molecule has 3 N–H and O–H groups in total. The lowest BCUT2D eigenvalue weighted by atomic mass is 10.1. The number of carbonyl (C=O) groups excluding carboxylic acids is 1. The summed E-state index contributed by atoms with van der Waals surface area (Å²) >= 11 is 0. The van der Waals surface area contributed by atoms with E-state index in [1.54, 1.807) is 0 Å². The summed E-state index contributed by atoms with van der Waals surface area (Å²) in [6.45, 7) is 0.734. The van der Waals surface area contributed by atoms with Crippen molar-refractivity contribution in [3.05, 3.63) is 41.5 Å². The standard InChI is InChI=1S/C15H20N2O/c16-14-8-4-3-7-13(14)11-15(18)17-10-9-12-5-1-2-6-12/h3-5,7-8H,1-2,6,9-11,16H2,(H,17,18). The van der Waals surface area contributed by atoms with E-state index >= 15 is 0 Å². The highest BCUT2D eigenvalue weighted by atomic mass is 16.1. The van der Waals surface area contributed by atoms with E-state index in [1.807, 2.05) is 24.3 Å². The van der Waals surface area contributed by atoms with E-state index in [9.17, 15) is 4.79 Å². The molecule has 1 aliphatic rings. The van der Waals surface area contributed by atoms with Gasteiger partial charge >= 0.3 is 0 Å². The Morgan fingerprint density at radius 3 is 2.89 bits per heavy atom. The molecular weight excluding hydrogens is 224 g/mol. The van der Waals surface area contributed by atoms with Gasteiger partial charge in [-0.2, -0.15) is 0 Å². The van der Waals surface area contributed by atoms with E-state index in [0.29, 0.717) is 12.1 Å². The molecule has 0 fully saturated rings. The van der Waals surface area contributed by atoms with Gasteiger partial charge in [-0.1, -0.05) is 29.8 Å². The molecule has 1 aromatic carbocycles. The van der Waals surface area contributed by atoms with Crippen LogP contribution in [0, 0.1) is 0 Å². The van der Waals surface area contributed by atoms with Gasteiger partial charge in [-0.15, -0.1) is 0 Å². The molecule has 1 aliphatic carbocycles. The number of amides is 1. The van der Waals surface area contributed by atoms with Crippen molar-refractivity contribution in [2.24, 2.45) is 0 Å². The highest BCUT2D eigenvalue weighted by Gasteiger charge is 2.07. The Kier molecular flexibility index (Phi) is 4.40. The molecule has 96 valence electrons. The lowest BCUT2D eigenvalue weighted by Gasteiger charge is -2.07. The van der Waals surface area contributed by atoms with Crippen LogP contribution in [-0.4, -0.2) is 12.5 Å². The molecule has 0 radical (unpaired) electrons. The van der Waals surface area contributed by atoms with E-state index in [2.05, 4.69) is 11.4 Å². The molecule has 0 aliphatic heterocycles. The van der Waals surface area contributed by atoms with Gasteiger partial charge in [-0.3, -0.25) is 4.79 Å². The van der Waals surface area contributed by atoms with Crippen LogP contribution in [-0.2, 0) is 11.2 Å². The van der Waals surface area contributed by atoms with Crippen molar-refractivity contribution in [3.63, 3.8) is 0 Å². The molecule has 1 aromatic rings. The molecule has 0 atom stereocenters. The molecule has 0 unspecified atom stereocenters. The molecule has 18 heavy (non-hydrogen) atoms. The second kappa shape index (κ2) is 6.24. The minimum absolute atomic E-state index is 0.0477. The summed E-state index contributed by atoms with van der Waals surface area (Å²) in [5.41, 5.74) is 8.87. The van der Waals surface area contributed by atoms with E-state index in [-0.39, 0.29) is 5.91 Å². The highest BCUT2D eigenvalue weighted by Crippen LogP contribution is 2.19. The van der Waals surface area contributed by atoms with Crippen LogP contribution in [0.25, 0.3) is 0 Å². The molecular formula is C15H20N2O. The summed E-state index contributed by atoms with van der Waals surface area (Å²) in [6.07, 6.45) is 7.30. The minimum atomic E-state index is 0.0477. The predicted octanol–water partition coefficient (Wildman–Crippen LogP) is 2.43. The first kappa shape index (κ1) is 12.7. The Labute approximate surface area is 108 Å². The van der Waals surface area contributed by atoms with Crippen molar-refractivity contribution in [3.8, 4) is 0 Å². The topological polar surface area (TPSA) is 55.1 Å².